The largest absolute Gasteiger partial charge is 0.282 e. The van der Waals surface area contributed by atoms with Crippen molar-refractivity contribution in [1.82, 2.24) is 9.97 Å². The Hall–Kier alpha value is -2.29. The lowest BCUT2D eigenvalue weighted by Gasteiger charge is -2.19. The Bertz CT molecular complexity index is 1150. The number of carbonyl (C=O) groups is 1. The van der Waals surface area contributed by atoms with Crippen molar-refractivity contribution >= 4 is 60.3 Å². The van der Waals surface area contributed by atoms with E-state index in [2.05, 4.69) is 25.9 Å². The molecule has 0 spiro atoms. The lowest BCUT2D eigenvalue weighted by molar-refractivity contribution is -0.118. The highest BCUT2D eigenvalue weighted by molar-refractivity contribution is 9.10. The molecule has 0 radical (unpaired) electrons. The van der Waals surface area contributed by atoms with E-state index in [0.29, 0.717) is 23.8 Å². The molecule has 0 saturated heterocycles. The van der Waals surface area contributed by atoms with Gasteiger partial charge in [0, 0.05) is 27.7 Å². The van der Waals surface area contributed by atoms with Gasteiger partial charge >= 0.3 is 0 Å². The first-order valence-electron chi connectivity index (χ1n) is 9.23. The number of thiazole rings is 1. The van der Waals surface area contributed by atoms with E-state index in [1.54, 1.807) is 23.2 Å². The number of hydrogen-bond donors (Lipinski definition) is 0. The van der Waals surface area contributed by atoms with Crippen LogP contribution in [0.2, 0.25) is 0 Å². The van der Waals surface area contributed by atoms with Crippen molar-refractivity contribution in [2.45, 2.75) is 17.9 Å². The van der Waals surface area contributed by atoms with Gasteiger partial charge in [0.1, 0.15) is 5.82 Å². The summed E-state index contributed by atoms with van der Waals surface area (Å²) in [5.74, 6) is 0.312. The van der Waals surface area contributed by atoms with Crippen LogP contribution in [-0.4, -0.2) is 21.6 Å². The molecule has 2 heterocycles. The molecule has 152 valence electrons. The molecule has 8 heteroatoms. The summed E-state index contributed by atoms with van der Waals surface area (Å²) in [5, 5.41) is 0.658. The van der Waals surface area contributed by atoms with Gasteiger partial charge in [-0.1, -0.05) is 33.3 Å². The lowest BCUT2D eigenvalue weighted by Crippen LogP contribution is -2.30. The van der Waals surface area contributed by atoms with Crippen molar-refractivity contribution in [2.75, 3.05) is 10.7 Å². The molecule has 4 nitrogen and oxygen atoms in total. The monoisotopic (exact) mass is 501 g/mol. The minimum Gasteiger partial charge on any atom is -0.282 e. The van der Waals surface area contributed by atoms with Crippen LogP contribution in [0.1, 0.15) is 12.1 Å². The van der Waals surface area contributed by atoms with E-state index < -0.39 is 0 Å². The molecular weight excluding hydrogens is 485 g/mol. The van der Waals surface area contributed by atoms with E-state index >= 15 is 0 Å². The second-order valence-corrected chi connectivity index (χ2v) is 9.55. The van der Waals surface area contributed by atoms with Crippen LogP contribution in [0.25, 0.3) is 10.2 Å². The number of aromatic nitrogens is 2. The van der Waals surface area contributed by atoms with Gasteiger partial charge in [-0.3, -0.25) is 14.7 Å². The quantitative estimate of drug-likeness (QED) is 0.278. The fourth-order valence-electron chi connectivity index (χ4n) is 2.84. The molecule has 0 bridgehead atoms. The summed E-state index contributed by atoms with van der Waals surface area (Å²) in [7, 11) is 0. The lowest BCUT2D eigenvalue weighted by atomic mass is 10.3. The fourth-order valence-corrected chi connectivity index (χ4v) is 5.21. The third-order valence-electron chi connectivity index (χ3n) is 4.32. The van der Waals surface area contributed by atoms with E-state index in [1.165, 1.54) is 35.2 Å². The zero-order valence-corrected chi connectivity index (χ0v) is 19.0. The molecule has 0 atom stereocenters. The number of fused-ring (bicyclic) bond motifs is 1. The number of anilines is 1. The summed E-state index contributed by atoms with van der Waals surface area (Å²) < 4.78 is 15.1. The first-order valence-corrected chi connectivity index (χ1v) is 11.8. The molecule has 1 amide bonds. The van der Waals surface area contributed by atoms with E-state index in [4.69, 9.17) is 0 Å². The van der Waals surface area contributed by atoms with Gasteiger partial charge in [-0.15, -0.1) is 11.8 Å². The minimum atomic E-state index is -0.264. The second-order valence-electron chi connectivity index (χ2n) is 6.46. The van der Waals surface area contributed by atoms with E-state index in [0.717, 1.165) is 25.3 Å². The summed E-state index contributed by atoms with van der Waals surface area (Å²) in [6, 6.07) is 17.8. The predicted octanol–water partition coefficient (Wildman–Crippen LogP) is 6.31. The van der Waals surface area contributed by atoms with Crippen molar-refractivity contribution in [1.29, 1.82) is 0 Å². The molecule has 0 fully saturated rings. The molecular formula is C22H17BrFN3OS2. The van der Waals surface area contributed by atoms with Gasteiger partial charge in [-0.05, 0) is 54.6 Å². The smallest absolute Gasteiger partial charge is 0.229 e. The van der Waals surface area contributed by atoms with Gasteiger partial charge < -0.3 is 0 Å². The number of pyridine rings is 1. The second kappa shape index (κ2) is 9.68. The highest BCUT2D eigenvalue weighted by Crippen LogP contribution is 2.32. The van der Waals surface area contributed by atoms with Crippen molar-refractivity contribution in [2.24, 2.45) is 0 Å². The van der Waals surface area contributed by atoms with Gasteiger partial charge in [0.25, 0.3) is 0 Å². The number of rotatable bonds is 7. The van der Waals surface area contributed by atoms with Crippen LogP contribution in [0.5, 0.6) is 0 Å². The van der Waals surface area contributed by atoms with E-state index in [-0.39, 0.29) is 11.7 Å². The molecule has 0 aliphatic carbocycles. The highest BCUT2D eigenvalue weighted by atomic mass is 79.9. The van der Waals surface area contributed by atoms with Crippen molar-refractivity contribution in [3.8, 4) is 0 Å². The van der Waals surface area contributed by atoms with Crippen LogP contribution in [0.15, 0.2) is 76.2 Å². The molecule has 4 rings (SSSR count). The Labute approximate surface area is 190 Å². The zero-order chi connectivity index (χ0) is 20.9. The first-order chi connectivity index (χ1) is 14.6. The van der Waals surface area contributed by atoms with Crippen LogP contribution in [-0.2, 0) is 11.3 Å². The topological polar surface area (TPSA) is 46.1 Å². The van der Waals surface area contributed by atoms with Crippen LogP contribution in [0.4, 0.5) is 9.52 Å². The average Bonchev–Trinajstić information content (AvgIpc) is 3.17. The van der Waals surface area contributed by atoms with Crippen molar-refractivity contribution < 1.29 is 9.18 Å². The number of amides is 1. The van der Waals surface area contributed by atoms with Gasteiger partial charge in [0.15, 0.2) is 5.13 Å². The van der Waals surface area contributed by atoms with Gasteiger partial charge in [0.05, 0.1) is 22.5 Å². The molecule has 4 aromatic rings. The summed E-state index contributed by atoms with van der Waals surface area (Å²) in [6.07, 6.45) is 2.06. The number of benzene rings is 2. The van der Waals surface area contributed by atoms with Crippen molar-refractivity contribution in [3.63, 3.8) is 0 Å². The zero-order valence-electron chi connectivity index (χ0n) is 15.8. The molecule has 2 aromatic carbocycles. The molecule has 30 heavy (non-hydrogen) atoms. The molecule has 2 aromatic heterocycles. The standard InChI is InChI=1S/C22H17BrFN3OS2/c23-15-4-9-19-20(13-15)30-22(26-19)27(14-17-3-1-2-11-25-17)21(28)10-12-29-18-7-5-16(24)6-8-18/h1-9,11,13H,10,12,14H2. The highest BCUT2D eigenvalue weighted by Gasteiger charge is 2.20. The Morgan fingerprint density at radius 1 is 1.13 bits per heavy atom. The number of thioether (sulfide) groups is 1. The van der Waals surface area contributed by atoms with Crippen LogP contribution >= 0.6 is 39.0 Å². The molecule has 0 unspecified atom stereocenters. The Kier molecular flexibility index (Phi) is 6.76. The molecule has 0 N–H and O–H groups in total. The number of halogens is 2. The summed E-state index contributed by atoms with van der Waals surface area (Å²) in [5.41, 5.74) is 1.66. The fraction of sp³-hybridized carbons (Fsp3) is 0.136. The maximum absolute atomic E-state index is 13.1. The normalized spacial score (nSPS) is 11.0. The number of carbonyl (C=O) groups excluding carboxylic acids is 1. The Morgan fingerprint density at radius 2 is 1.97 bits per heavy atom. The van der Waals surface area contributed by atoms with Crippen LogP contribution < -0.4 is 4.90 Å². The molecule has 0 aliphatic heterocycles. The molecule has 0 saturated carbocycles. The third-order valence-corrected chi connectivity index (χ3v) is 6.86. The summed E-state index contributed by atoms with van der Waals surface area (Å²) >= 11 is 6.50. The first kappa shape index (κ1) is 21.0. The maximum Gasteiger partial charge on any atom is 0.229 e. The van der Waals surface area contributed by atoms with E-state index in [1.807, 2.05) is 36.4 Å². The number of hydrogen-bond acceptors (Lipinski definition) is 5. The van der Waals surface area contributed by atoms with Gasteiger partial charge in [0.2, 0.25) is 5.91 Å². The summed E-state index contributed by atoms with van der Waals surface area (Å²) in [6.45, 7) is 0.363. The third kappa shape index (κ3) is 5.24. The minimum absolute atomic E-state index is 0.0200. The van der Waals surface area contributed by atoms with Gasteiger partial charge in [-0.2, -0.15) is 0 Å². The van der Waals surface area contributed by atoms with E-state index in [9.17, 15) is 9.18 Å². The van der Waals surface area contributed by atoms with Crippen molar-refractivity contribution in [3.05, 3.63) is 82.8 Å². The maximum atomic E-state index is 13.1. The molecule has 0 aliphatic rings. The number of nitrogens with zero attached hydrogens (tertiary/aromatic N) is 3. The Balaban J connectivity index is 1.52. The van der Waals surface area contributed by atoms with Crippen LogP contribution in [0, 0.1) is 5.82 Å². The van der Waals surface area contributed by atoms with Crippen LogP contribution in [0.3, 0.4) is 0 Å². The summed E-state index contributed by atoms with van der Waals surface area (Å²) in [4.78, 5) is 24.8. The Morgan fingerprint density at radius 3 is 2.73 bits per heavy atom. The SMILES string of the molecule is O=C(CCSc1ccc(F)cc1)N(Cc1ccccn1)c1nc2ccc(Br)cc2s1. The average molecular weight is 502 g/mol. The van der Waals surface area contributed by atoms with Gasteiger partial charge in [-0.25, -0.2) is 9.37 Å². The predicted molar refractivity (Wildman–Crippen MR) is 124 cm³/mol.